The van der Waals surface area contributed by atoms with Gasteiger partial charge in [-0.05, 0) is 61.6 Å². The van der Waals surface area contributed by atoms with Gasteiger partial charge in [-0.25, -0.2) is 0 Å². The summed E-state index contributed by atoms with van der Waals surface area (Å²) in [4.78, 5) is 14.0. The first-order valence-electron chi connectivity index (χ1n) is 12.1. The summed E-state index contributed by atoms with van der Waals surface area (Å²) in [6.07, 6.45) is 2.94. The molecule has 2 heterocycles. The zero-order chi connectivity index (χ0) is 26.0. The molecule has 0 fully saturated rings. The highest BCUT2D eigenvalue weighted by molar-refractivity contribution is 7.99. The van der Waals surface area contributed by atoms with Crippen molar-refractivity contribution in [1.29, 1.82) is 5.26 Å². The lowest BCUT2D eigenvalue weighted by atomic mass is 9.72. The molecule has 36 heavy (non-hydrogen) atoms. The molecule has 2 aromatic heterocycles. The summed E-state index contributed by atoms with van der Waals surface area (Å²) in [6, 6.07) is 8.39. The lowest BCUT2D eigenvalue weighted by molar-refractivity contribution is -0.113. The molecule has 1 N–H and O–H groups in total. The van der Waals surface area contributed by atoms with Gasteiger partial charge in [0.15, 0.2) is 11.0 Å². The van der Waals surface area contributed by atoms with Gasteiger partial charge in [-0.15, -0.1) is 21.5 Å². The van der Waals surface area contributed by atoms with Gasteiger partial charge in [-0.3, -0.25) is 4.79 Å². The summed E-state index contributed by atoms with van der Waals surface area (Å²) >= 11 is 2.87. The Kier molecular flexibility index (Phi) is 7.76. The Hall–Kier alpha value is -2.83. The second-order valence-electron chi connectivity index (χ2n) is 10.5. The van der Waals surface area contributed by atoms with Crippen LogP contribution < -0.4 is 10.1 Å². The Morgan fingerprint density at radius 2 is 2.11 bits per heavy atom. The number of aromatic nitrogens is 3. The first-order valence-corrected chi connectivity index (χ1v) is 13.9. The molecule has 190 valence electrons. The number of anilines is 1. The van der Waals surface area contributed by atoms with Crippen LogP contribution in [0.5, 0.6) is 5.75 Å². The second-order valence-corrected chi connectivity index (χ2v) is 12.5. The average Bonchev–Trinajstić information content (AvgIpc) is 3.34. The standard InChI is InChI=1S/C27H33N5O2S2/c1-16-7-10-21(17(2)11-16)34-14-23-30-31-26(32(23)6)35-15-24(33)29-25-20(13-28)19-9-8-18(27(3,4)5)12-22(19)36-25/h7,10-11,18H,8-9,12,14-15H2,1-6H3,(H,29,33). The van der Waals surface area contributed by atoms with Crippen LogP contribution >= 0.6 is 23.1 Å². The molecular weight excluding hydrogens is 490 g/mol. The van der Waals surface area contributed by atoms with Gasteiger partial charge in [-0.2, -0.15) is 5.26 Å². The zero-order valence-corrected chi connectivity index (χ0v) is 23.4. The predicted octanol–water partition coefficient (Wildman–Crippen LogP) is 5.83. The Balaban J connectivity index is 1.36. The quantitative estimate of drug-likeness (QED) is 0.392. The molecule has 1 amide bonds. The number of carbonyl (C=O) groups excluding carboxylic acids is 1. The number of amides is 1. The molecule has 0 saturated heterocycles. The summed E-state index contributed by atoms with van der Waals surface area (Å²) in [5.74, 6) is 2.11. The van der Waals surface area contributed by atoms with Crippen molar-refractivity contribution in [1.82, 2.24) is 14.8 Å². The minimum atomic E-state index is -0.154. The summed E-state index contributed by atoms with van der Waals surface area (Å²) in [5, 5.41) is 22.5. The summed E-state index contributed by atoms with van der Waals surface area (Å²) < 4.78 is 7.78. The van der Waals surface area contributed by atoms with Crippen molar-refractivity contribution in [3.63, 3.8) is 0 Å². The number of aryl methyl sites for hydroxylation is 2. The van der Waals surface area contributed by atoms with Crippen LogP contribution in [0.3, 0.4) is 0 Å². The van der Waals surface area contributed by atoms with Crippen molar-refractivity contribution < 1.29 is 9.53 Å². The highest BCUT2D eigenvalue weighted by Crippen LogP contribution is 2.44. The number of nitrogens with zero attached hydrogens (tertiary/aromatic N) is 4. The average molecular weight is 524 g/mol. The van der Waals surface area contributed by atoms with Gasteiger partial charge in [0.2, 0.25) is 5.91 Å². The summed E-state index contributed by atoms with van der Waals surface area (Å²) in [6.45, 7) is 11.2. The third-order valence-corrected chi connectivity index (χ3v) is 8.99. The van der Waals surface area contributed by atoms with Crippen molar-refractivity contribution in [3.8, 4) is 11.8 Å². The monoisotopic (exact) mass is 523 g/mol. The number of nitriles is 1. The lowest BCUT2D eigenvalue weighted by Crippen LogP contribution is -2.26. The van der Waals surface area contributed by atoms with Crippen LogP contribution in [0.1, 0.15) is 60.1 Å². The largest absolute Gasteiger partial charge is 0.485 e. The van der Waals surface area contributed by atoms with E-state index in [2.05, 4.69) is 55.3 Å². The fraction of sp³-hybridized carbons (Fsp3) is 0.481. The minimum absolute atomic E-state index is 0.154. The van der Waals surface area contributed by atoms with Crippen molar-refractivity contribution in [2.75, 3.05) is 11.1 Å². The van der Waals surface area contributed by atoms with Crippen LogP contribution in [0.15, 0.2) is 23.4 Å². The van der Waals surface area contributed by atoms with E-state index >= 15 is 0 Å². The van der Waals surface area contributed by atoms with E-state index in [0.29, 0.717) is 34.1 Å². The molecule has 3 aromatic rings. The number of hydrogen-bond donors (Lipinski definition) is 1. The number of nitrogens with one attached hydrogen (secondary N) is 1. The van der Waals surface area contributed by atoms with E-state index in [0.717, 1.165) is 36.1 Å². The van der Waals surface area contributed by atoms with Gasteiger partial charge in [0, 0.05) is 11.9 Å². The SMILES string of the molecule is Cc1ccc(OCc2nnc(SCC(=O)Nc3sc4c(c3C#N)CCC(C(C)(C)C)C4)n2C)c(C)c1. The number of carbonyl (C=O) groups is 1. The molecule has 4 rings (SSSR count). The molecule has 0 spiro atoms. The minimum Gasteiger partial charge on any atom is -0.485 e. The molecule has 0 aliphatic heterocycles. The van der Waals surface area contributed by atoms with Gasteiger partial charge in [0.25, 0.3) is 0 Å². The Bertz CT molecular complexity index is 1310. The number of ether oxygens (including phenoxy) is 1. The normalized spacial score (nSPS) is 15.3. The number of benzene rings is 1. The fourth-order valence-electron chi connectivity index (χ4n) is 4.52. The lowest BCUT2D eigenvalue weighted by Gasteiger charge is -2.33. The highest BCUT2D eigenvalue weighted by atomic mass is 32.2. The van der Waals surface area contributed by atoms with Crippen LogP contribution in [0.25, 0.3) is 0 Å². The van der Waals surface area contributed by atoms with E-state index in [1.807, 2.05) is 30.7 Å². The van der Waals surface area contributed by atoms with Crippen LogP contribution in [0.2, 0.25) is 0 Å². The number of rotatable bonds is 7. The number of thiophene rings is 1. The van der Waals surface area contributed by atoms with Gasteiger partial charge < -0.3 is 14.6 Å². The molecule has 9 heteroatoms. The third-order valence-electron chi connectivity index (χ3n) is 6.80. The number of thioether (sulfide) groups is 1. The Morgan fingerprint density at radius 1 is 1.33 bits per heavy atom. The molecule has 0 bridgehead atoms. The van der Waals surface area contributed by atoms with Crippen LogP contribution in [0.4, 0.5) is 5.00 Å². The molecule has 0 radical (unpaired) electrons. The Morgan fingerprint density at radius 3 is 2.81 bits per heavy atom. The van der Waals surface area contributed by atoms with E-state index < -0.39 is 0 Å². The molecule has 1 aromatic carbocycles. The maximum atomic E-state index is 12.8. The smallest absolute Gasteiger partial charge is 0.235 e. The van der Waals surface area contributed by atoms with Crippen LogP contribution in [0, 0.1) is 36.5 Å². The highest BCUT2D eigenvalue weighted by Gasteiger charge is 2.32. The van der Waals surface area contributed by atoms with Crippen molar-refractivity contribution in [3.05, 3.63) is 51.2 Å². The molecule has 1 aliphatic rings. The van der Waals surface area contributed by atoms with Gasteiger partial charge in [0.1, 0.15) is 23.4 Å². The number of fused-ring (bicyclic) bond motifs is 1. The first kappa shape index (κ1) is 26.2. The van der Waals surface area contributed by atoms with E-state index in [1.54, 1.807) is 11.3 Å². The van der Waals surface area contributed by atoms with E-state index in [9.17, 15) is 10.1 Å². The molecule has 0 saturated carbocycles. The number of hydrogen-bond acceptors (Lipinski definition) is 7. The summed E-state index contributed by atoms with van der Waals surface area (Å²) in [5.41, 5.74) is 4.24. The molecule has 1 aliphatic carbocycles. The maximum absolute atomic E-state index is 12.8. The van der Waals surface area contributed by atoms with Gasteiger partial charge in [-0.1, -0.05) is 50.2 Å². The van der Waals surface area contributed by atoms with Crippen LogP contribution in [-0.2, 0) is 31.3 Å². The maximum Gasteiger partial charge on any atom is 0.235 e. The molecule has 7 nitrogen and oxygen atoms in total. The van der Waals surface area contributed by atoms with Crippen molar-refractivity contribution in [2.45, 2.75) is 65.6 Å². The molecular formula is C27H33N5O2S2. The predicted molar refractivity (Wildman–Crippen MR) is 145 cm³/mol. The van der Waals surface area contributed by atoms with Crippen molar-refractivity contribution >= 4 is 34.0 Å². The van der Waals surface area contributed by atoms with Gasteiger partial charge >= 0.3 is 0 Å². The van der Waals surface area contributed by atoms with E-state index in [4.69, 9.17) is 4.74 Å². The summed E-state index contributed by atoms with van der Waals surface area (Å²) in [7, 11) is 1.87. The zero-order valence-electron chi connectivity index (χ0n) is 21.8. The van der Waals surface area contributed by atoms with Crippen molar-refractivity contribution in [2.24, 2.45) is 18.4 Å². The topological polar surface area (TPSA) is 92.8 Å². The van der Waals surface area contributed by atoms with Crippen LogP contribution in [-0.4, -0.2) is 26.4 Å². The third kappa shape index (κ3) is 5.76. The molecule has 1 unspecified atom stereocenters. The van der Waals surface area contributed by atoms with E-state index in [1.165, 1.54) is 22.2 Å². The van der Waals surface area contributed by atoms with E-state index in [-0.39, 0.29) is 17.1 Å². The first-order chi connectivity index (χ1) is 17.1. The Labute approximate surface area is 221 Å². The van der Waals surface area contributed by atoms with Gasteiger partial charge in [0.05, 0.1) is 11.3 Å². The fourth-order valence-corrected chi connectivity index (χ4v) is 6.55. The second kappa shape index (κ2) is 10.7. The molecule has 1 atom stereocenters.